The summed E-state index contributed by atoms with van der Waals surface area (Å²) in [5, 5.41) is 11.2. The topological polar surface area (TPSA) is 114 Å². The summed E-state index contributed by atoms with van der Waals surface area (Å²) >= 11 is 7.82. The molecular weight excluding hydrogens is 436 g/mol. The van der Waals surface area contributed by atoms with Gasteiger partial charge in [0.25, 0.3) is 5.56 Å². The second-order valence-electron chi connectivity index (χ2n) is 7.37. The molecule has 1 fully saturated rings. The average molecular weight is 451 g/mol. The molecule has 1 aliphatic carbocycles. The van der Waals surface area contributed by atoms with Crippen LogP contribution in [-0.2, 0) is 0 Å². The molecule has 1 aliphatic rings. The lowest BCUT2D eigenvalue weighted by atomic mass is 10.1. The maximum Gasteiger partial charge on any atom is 0.268 e. The Kier molecular flexibility index (Phi) is 4.22. The predicted octanol–water partition coefficient (Wildman–Crippen LogP) is 3.73. The maximum absolute atomic E-state index is 13.6. The van der Waals surface area contributed by atoms with Crippen LogP contribution in [0.3, 0.4) is 0 Å². The standard InChI is InChI=1S/C20H15ClN8OS/c21-11-2-1-3-12-14(11)20(30)29(13-6-7-25-28-13)18(26-12)15(10-4-5-10)27-17-16-19(23-8-22-17)31-9-24-16/h1-3,6-10,15H,4-5H2,(H,25,28)(H,22,23,27). The number of nitrogens with zero attached hydrogens (tertiary/aromatic N) is 6. The van der Waals surface area contributed by atoms with Gasteiger partial charge in [0.1, 0.15) is 28.3 Å². The monoisotopic (exact) mass is 450 g/mol. The first-order valence-electron chi connectivity index (χ1n) is 9.72. The first-order chi connectivity index (χ1) is 15.2. The van der Waals surface area contributed by atoms with E-state index in [0.717, 1.165) is 17.7 Å². The van der Waals surface area contributed by atoms with Crippen molar-refractivity contribution in [3.63, 3.8) is 0 Å². The fraction of sp³-hybridized carbons (Fsp3) is 0.200. The number of hydrogen-bond acceptors (Lipinski definition) is 8. The number of aromatic nitrogens is 7. The second kappa shape index (κ2) is 7.10. The maximum atomic E-state index is 13.6. The van der Waals surface area contributed by atoms with E-state index in [4.69, 9.17) is 16.6 Å². The van der Waals surface area contributed by atoms with E-state index >= 15 is 0 Å². The number of rotatable bonds is 5. The summed E-state index contributed by atoms with van der Waals surface area (Å²) in [6.07, 6.45) is 5.16. The molecule has 154 valence electrons. The Hall–Kier alpha value is -3.37. The molecule has 0 saturated heterocycles. The molecule has 1 aromatic carbocycles. The zero-order chi connectivity index (χ0) is 20.9. The van der Waals surface area contributed by atoms with E-state index < -0.39 is 0 Å². The van der Waals surface area contributed by atoms with Gasteiger partial charge in [-0.1, -0.05) is 17.7 Å². The van der Waals surface area contributed by atoms with E-state index in [1.807, 2.05) is 0 Å². The third-order valence-electron chi connectivity index (χ3n) is 5.40. The Morgan fingerprint density at radius 2 is 2.13 bits per heavy atom. The molecule has 9 nitrogen and oxygen atoms in total. The van der Waals surface area contributed by atoms with Crippen molar-refractivity contribution < 1.29 is 0 Å². The first-order valence-corrected chi connectivity index (χ1v) is 11.0. The number of halogens is 1. The number of aromatic amines is 1. The third kappa shape index (κ3) is 3.06. The molecule has 4 heterocycles. The van der Waals surface area contributed by atoms with Gasteiger partial charge in [0.15, 0.2) is 5.82 Å². The molecule has 0 spiro atoms. The molecule has 31 heavy (non-hydrogen) atoms. The lowest BCUT2D eigenvalue weighted by Crippen LogP contribution is -2.29. The highest BCUT2D eigenvalue weighted by atomic mass is 35.5. The van der Waals surface area contributed by atoms with Gasteiger partial charge in [0, 0.05) is 6.07 Å². The highest BCUT2D eigenvalue weighted by molar-refractivity contribution is 7.16. The molecule has 0 radical (unpaired) electrons. The number of H-pyrrole nitrogens is 1. The first kappa shape index (κ1) is 18.4. The van der Waals surface area contributed by atoms with Crippen molar-refractivity contribution in [2.24, 2.45) is 5.92 Å². The Morgan fingerprint density at radius 3 is 2.94 bits per heavy atom. The van der Waals surface area contributed by atoms with Gasteiger partial charge in [-0.3, -0.25) is 9.89 Å². The minimum absolute atomic E-state index is 0.246. The predicted molar refractivity (Wildman–Crippen MR) is 119 cm³/mol. The van der Waals surface area contributed by atoms with Crippen LogP contribution in [0.25, 0.3) is 27.1 Å². The average Bonchev–Trinajstić information content (AvgIpc) is 3.24. The number of hydrogen-bond donors (Lipinski definition) is 2. The van der Waals surface area contributed by atoms with Gasteiger partial charge in [-0.25, -0.2) is 24.5 Å². The van der Waals surface area contributed by atoms with Crippen LogP contribution in [0.4, 0.5) is 5.82 Å². The quantitative estimate of drug-likeness (QED) is 0.419. The van der Waals surface area contributed by atoms with Crippen molar-refractivity contribution in [3.8, 4) is 5.82 Å². The van der Waals surface area contributed by atoms with Crippen LogP contribution in [0, 0.1) is 5.92 Å². The summed E-state index contributed by atoms with van der Waals surface area (Å²) in [7, 11) is 0. The molecular formula is C20H15ClN8OS. The summed E-state index contributed by atoms with van der Waals surface area (Å²) in [6.45, 7) is 0. The number of thiazole rings is 1. The van der Waals surface area contributed by atoms with Gasteiger partial charge in [0.05, 0.1) is 33.7 Å². The van der Waals surface area contributed by atoms with Crippen LogP contribution < -0.4 is 10.9 Å². The largest absolute Gasteiger partial charge is 0.358 e. The normalized spacial score (nSPS) is 14.9. The lowest BCUT2D eigenvalue weighted by Gasteiger charge is -2.22. The second-order valence-corrected chi connectivity index (χ2v) is 8.61. The fourth-order valence-corrected chi connectivity index (χ4v) is 4.67. The summed E-state index contributed by atoms with van der Waals surface area (Å²) in [5.41, 5.74) is 2.76. The van der Waals surface area contributed by atoms with E-state index in [1.165, 1.54) is 17.7 Å². The highest BCUT2D eigenvalue weighted by Crippen LogP contribution is 2.43. The Balaban J connectivity index is 1.59. The molecule has 4 aromatic heterocycles. The number of anilines is 1. The summed E-state index contributed by atoms with van der Waals surface area (Å²) in [6, 6.07) is 6.78. The Bertz CT molecular complexity index is 1470. The van der Waals surface area contributed by atoms with E-state index in [-0.39, 0.29) is 11.6 Å². The minimum atomic E-state index is -0.251. The van der Waals surface area contributed by atoms with Crippen LogP contribution >= 0.6 is 22.9 Å². The number of benzene rings is 1. The van der Waals surface area contributed by atoms with Crippen molar-refractivity contribution in [1.82, 2.24) is 34.7 Å². The van der Waals surface area contributed by atoms with Gasteiger partial charge < -0.3 is 5.32 Å². The molecule has 0 bridgehead atoms. The van der Waals surface area contributed by atoms with Crippen LogP contribution in [0.2, 0.25) is 5.02 Å². The van der Waals surface area contributed by atoms with Gasteiger partial charge in [-0.05, 0) is 30.9 Å². The minimum Gasteiger partial charge on any atom is -0.358 e. The zero-order valence-corrected chi connectivity index (χ0v) is 17.6. The zero-order valence-electron chi connectivity index (χ0n) is 16.0. The van der Waals surface area contributed by atoms with Crippen LogP contribution in [0.1, 0.15) is 24.7 Å². The number of nitrogens with one attached hydrogen (secondary N) is 2. The summed E-state index contributed by atoms with van der Waals surface area (Å²) < 4.78 is 1.55. The summed E-state index contributed by atoms with van der Waals surface area (Å²) in [5.74, 6) is 2.04. The molecule has 0 aliphatic heterocycles. The fourth-order valence-electron chi connectivity index (χ4n) is 3.79. The van der Waals surface area contributed by atoms with Crippen molar-refractivity contribution in [3.05, 3.63) is 63.5 Å². The van der Waals surface area contributed by atoms with E-state index in [9.17, 15) is 4.79 Å². The Labute approximate surface area is 184 Å². The smallest absolute Gasteiger partial charge is 0.268 e. The molecule has 6 rings (SSSR count). The molecule has 11 heteroatoms. The van der Waals surface area contributed by atoms with Gasteiger partial charge in [-0.15, -0.1) is 11.3 Å². The summed E-state index contributed by atoms with van der Waals surface area (Å²) in [4.78, 5) is 32.3. The molecule has 5 aromatic rings. The third-order valence-corrected chi connectivity index (χ3v) is 6.45. The lowest BCUT2D eigenvalue weighted by molar-refractivity contribution is 0.606. The van der Waals surface area contributed by atoms with Gasteiger partial charge in [-0.2, -0.15) is 5.10 Å². The van der Waals surface area contributed by atoms with E-state index in [1.54, 1.807) is 40.5 Å². The van der Waals surface area contributed by atoms with Crippen LogP contribution in [0.5, 0.6) is 0 Å². The SMILES string of the molecule is O=c1c2c(Cl)cccc2nc(C(Nc2ncnc3scnc23)C2CC2)n1-c1ccn[nH]1. The van der Waals surface area contributed by atoms with Crippen molar-refractivity contribution in [2.45, 2.75) is 18.9 Å². The van der Waals surface area contributed by atoms with Crippen LogP contribution in [-0.4, -0.2) is 34.7 Å². The molecule has 1 saturated carbocycles. The Morgan fingerprint density at radius 1 is 1.23 bits per heavy atom. The number of fused-ring (bicyclic) bond motifs is 2. The van der Waals surface area contributed by atoms with E-state index in [0.29, 0.717) is 44.8 Å². The molecule has 1 atom stereocenters. The molecule has 0 amide bonds. The van der Waals surface area contributed by atoms with Crippen molar-refractivity contribution >= 4 is 50.0 Å². The van der Waals surface area contributed by atoms with Crippen molar-refractivity contribution in [2.75, 3.05) is 5.32 Å². The highest BCUT2D eigenvalue weighted by Gasteiger charge is 2.37. The van der Waals surface area contributed by atoms with Crippen LogP contribution in [0.15, 0.2) is 47.1 Å². The molecule has 2 N–H and O–H groups in total. The van der Waals surface area contributed by atoms with Crippen molar-refractivity contribution in [1.29, 1.82) is 0 Å². The van der Waals surface area contributed by atoms with Gasteiger partial charge >= 0.3 is 0 Å². The van der Waals surface area contributed by atoms with Gasteiger partial charge in [0.2, 0.25) is 0 Å². The molecule has 1 unspecified atom stereocenters. The van der Waals surface area contributed by atoms with E-state index in [2.05, 4.69) is 30.5 Å².